The summed E-state index contributed by atoms with van der Waals surface area (Å²) in [6.45, 7) is 1.34. The van der Waals surface area contributed by atoms with Crippen LogP contribution in [-0.2, 0) is 0 Å². The lowest BCUT2D eigenvalue weighted by Crippen LogP contribution is -2.40. The van der Waals surface area contributed by atoms with Crippen molar-refractivity contribution in [3.05, 3.63) is 66.8 Å². The van der Waals surface area contributed by atoms with Crippen molar-refractivity contribution < 1.29 is 4.79 Å². The molecule has 0 spiro atoms. The highest BCUT2D eigenvalue weighted by molar-refractivity contribution is 5.92. The van der Waals surface area contributed by atoms with Gasteiger partial charge in [-0.2, -0.15) is 0 Å². The molecule has 1 saturated heterocycles. The van der Waals surface area contributed by atoms with Gasteiger partial charge in [-0.1, -0.05) is 18.2 Å². The van der Waals surface area contributed by atoms with E-state index in [9.17, 15) is 4.79 Å². The second-order valence-electron chi connectivity index (χ2n) is 6.08. The third-order valence-corrected chi connectivity index (χ3v) is 4.46. The zero-order valence-electron chi connectivity index (χ0n) is 13.7. The molecule has 1 aromatic carbocycles. The molecule has 4 rings (SSSR count). The topological polar surface area (TPSA) is 76.8 Å². The van der Waals surface area contributed by atoms with Crippen LogP contribution in [0.2, 0.25) is 0 Å². The monoisotopic (exact) mass is 334 g/mol. The second kappa shape index (κ2) is 6.80. The van der Waals surface area contributed by atoms with E-state index in [1.54, 1.807) is 18.7 Å². The first-order valence-electron chi connectivity index (χ1n) is 8.33. The number of hydrogen-bond donors (Lipinski definition) is 0. The first-order valence-corrected chi connectivity index (χ1v) is 8.33. The number of piperidine rings is 1. The third-order valence-electron chi connectivity index (χ3n) is 4.46. The van der Waals surface area contributed by atoms with Crippen molar-refractivity contribution in [2.24, 2.45) is 0 Å². The number of para-hydroxylation sites is 1. The molecule has 1 unspecified atom stereocenters. The van der Waals surface area contributed by atoms with Gasteiger partial charge in [0, 0.05) is 37.1 Å². The van der Waals surface area contributed by atoms with E-state index in [-0.39, 0.29) is 11.8 Å². The molecule has 0 saturated carbocycles. The summed E-state index contributed by atoms with van der Waals surface area (Å²) in [6, 6.07) is 10.0. The van der Waals surface area contributed by atoms with Crippen molar-refractivity contribution in [2.75, 3.05) is 13.1 Å². The number of rotatable bonds is 3. The Hall–Kier alpha value is -3.09. The highest BCUT2D eigenvalue weighted by Crippen LogP contribution is 2.27. The van der Waals surface area contributed by atoms with Gasteiger partial charge in [0.15, 0.2) is 0 Å². The molecule has 3 aromatic rings. The number of amides is 1. The molecule has 126 valence electrons. The molecule has 0 N–H and O–H groups in total. The van der Waals surface area contributed by atoms with Crippen LogP contribution in [-0.4, -0.2) is 48.6 Å². The summed E-state index contributed by atoms with van der Waals surface area (Å²) in [5.41, 5.74) is 1.41. The first kappa shape index (κ1) is 15.4. The fraction of sp³-hybridized carbons (Fsp3) is 0.278. The van der Waals surface area contributed by atoms with Gasteiger partial charge in [0.1, 0.15) is 17.8 Å². The Balaban J connectivity index is 1.57. The summed E-state index contributed by atoms with van der Waals surface area (Å²) < 4.78 is 2.00. The minimum absolute atomic E-state index is 0.0800. The molecule has 0 aliphatic carbocycles. The Bertz CT molecular complexity index is 848. The van der Waals surface area contributed by atoms with Crippen LogP contribution in [0.5, 0.6) is 0 Å². The smallest absolute Gasteiger partial charge is 0.274 e. The highest BCUT2D eigenvalue weighted by Gasteiger charge is 2.29. The fourth-order valence-electron chi connectivity index (χ4n) is 3.25. The number of hydrogen-bond acceptors (Lipinski definition) is 5. The van der Waals surface area contributed by atoms with E-state index in [2.05, 4.69) is 20.2 Å². The summed E-state index contributed by atoms with van der Waals surface area (Å²) in [5, 5.41) is 8.42. The van der Waals surface area contributed by atoms with Crippen LogP contribution < -0.4 is 0 Å². The molecular weight excluding hydrogens is 316 g/mol. The Morgan fingerprint density at radius 2 is 2.04 bits per heavy atom. The van der Waals surface area contributed by atoms with Crippen molar-refractivity contribution in [1.29, 1.82) is 0 Å². The molecule has 25 heavy (non-hydrogen) atoms. The van der Waals surface area contributed by atoms with Crippen LogP contribution in [0.1, 0.15) is 35.1 Å². The number of carbonyl (C=O) groups excluding carboxylic acids is 1. The second-order valence-corrected chi connectivity index (χ2v) is 6.08. The lowest BCUT2D eigenvalue weighted by atomic mass is 9.96. The van der Waals surface area contributed by atoms with Crippen molar-refractivity contribution in [3.8, 4) is 5.69 Å². The van der Waals surface area contributed by atoms with Crippen LogP contribution in [0.25, 0.3) is 5.69 Å². The van der Waals surface area contributed by atoms with Crippen LogP contribution >= 0.6 is 0 Å². The maximum Gasteiger partial charge on any atom is 0.274 e. The standard InChI is InChI=1S/C18H18N6O/c25-18(16-11-19-8-9-20-16)23-10-4-5-14(12-23)17-22-21-13-24(17)15-6-2-1-3-7-15/h1-3,6-9,11,13-14H,4-5,10,12H2. The van der Waals surface area contributed by atoms with Gasteiger partial charge in [0.2, 0.25) is 0 Å². The SMILES string of the molecule is O=C(c1cnccn1)N1CCCC(c2nncn2-c2ccccc2)C1. The average molecular weight is 334 g/mol. The molecule has 1 amide bonds. The Labute approximate surface area is 145 Å². The van der Waals surface area contributed by atoms with E-state index < -0.39 is 0 Å². The molecule has 7 heteroatoms. The van der Waals surface area contributed by atoms with E-state index in [4.69, 9.17) is 0 Å². The van der Waals surface area contributed by atoms with E-state index in [0.717, 1.165) is 30.9 Å². The van der Waals surface area contributed by atoms with Crippen LogP contribution in [0.3, 0.4) is 0 Å². The Kier molecular flexibility index (Phi) is 4.20. The van der Waals surface area contributed by atoms with Crippen LogP contribution in [0, 0.1) is 0 Å². The molecule has 7 nitrogen and oxygen atoms in total. The predicted octanol–water partition coefficient (Wildman–Crippen LogP) is 2.08. The Morgan fingerprint density at radius 3 is 2.84 bits per heavy atom. The zero-order chi connectivity index (χ0) is 17.1. The van der Waals surface area contributed by atoms with Gasteiger partial charge in [0.25, 0.3) is 5.91 Å². The molecule has 1 atom stereocenters. The quantitative estimate of drug-likeness (QED) is 0.733. The number of benzene rings is 1. The molecular formula is C18H18N6O. The van der Waals surface area contributed by atoms with Gasteiger partial charge in [-0.15, -0.1) is 10.2 Å². The molecule has 0 bridgehead atoms. The van der Waals surface area contributed by atoms with Gasteiger partial charge in [-0.3, -0.25) is 14.3 Å². The normalized spacial score (nSPS) is 17.4. The van der Waals surface area contributed by atoms with E-state index in [1.165, 1.54) is 6.20 Å². The third kappa shape index (κ3) is 3.13. The fourth-order valence-corrected chi connectivity index (χ4v) is 3.25. The number of likely N-dealkylation sites (tertiary alicyclic amines) is 1. The van der Waals surface area contributed by atoms with Crippen LogP contribution in [0.4, 0.5) is 0 Å². The Morgan fingerprint density at radius 1 is 1.16 bits per heavy atom. The summed E-state index contributed by atoms with van der Waals surface area (Å²) in [7, 11) is 0. The van der Waals surface area contributed by atoms with Gasteiger partial charge >= 0.3 is 0 Å². The van der Waals surface area contributed by atoms with E-state index in [1.807, 2.05) is 39.8 Å². The van der Waals surface area contributed by atoms with Crippen LogP contribution in [0.15, 0.2) is 55.2 Å². The lowest BCUT2D eigenvalue weighted by molar-refractivity contribution is 0.0697. The van der Waals surface area contributed by atoms with Crippen molar-refractivity contribution in [1.82, 2.24) is 29.6 Å². The minimum Gasteiger partial charge on any atom is -0.337 e. The van der Waals surface area contributed by atoms with Crippen molar-refractivity contribution >= 4 is 5.91 Å². The largest absolute Gasteiger partial charge is 0.337 e. The number of carbonyl (C=O) groups is 1. The number of nitrogens with zero attached hydrogens (tertiary/aromatic N) is 6. The molecule has 3 heterocycles. The summed E-state index contributed by atoms with van der Waals surface area (Å²) >= 11 is 0. The van der Waals surface area contributed by atoms with E-state index >= 15 is 0 Å². The van der Waals surface area contributed by atoms with E-state index in [0.29, 0.717) is 12.2 Å². The molecule has 2 aromatic heterocycles. The molecule has 1 aliphatic heterocycles. The van der Waals surface area contributed by atoms with Gasteiger partial charge < -0.3 is 4.90 Å². The average Bonchev–Trinajstić information content (AvgIpc) is 3.19. The maximum absolute atomic E-state index is 12.7. The van der Waals surface area contributed by atoms with Crippen molar-refractivity contribution in [3.63, 3.8) is 0 Å². The molecule has 1 fully saturated rings. The summed E-state index contributed by atoms with van der Waals surface area (Å²) in [5.74, 6) is 0.962. The maximum atomic E-state index is 12.7. The highest BCUT2D eigenvalue weighted by atomic mass is 16.2. The minimum atomic E-state index is -0.0800. The molecule has 1 aliphatic rings. The first-order chi connectivity index (χ1) is 12.3. The predicted molar refractivity (Wildman–Crippen MR) is 91.3 cm³/mol. The number of aromatic nitrogens is 5. The summed E-state index contributed by atoms with van der Waals surface area (Å²) in [4.78, 5) is 22.6. The van der Waals surface area contributed by atoms with Gasteiger partial charge in [-0.25, -0.2) is 4.98 Å². The van der Waals surface area contributed by atoms with Gasteiger partial charge in [-0.05, 0) is 25.0 Å². The van der Waals surface area contributed by atoms with Crippen molar-refractivity contribution in [2.45, 2.75) is 18.8 Å². The summed E-state index contributed by atoms with van der Waals surface area (Å²) in [6.07, 6.45) is 8.26. The van der Waals surface area contributed by atoms with Gasteiger partial charge in [0.05, 0.1) is 6.20 Å². The lowest BCUT2D eigenvalue weighted by Gasteiger charge is -2.32. The molecule has 0 radical (unpaired) electrons. The zero-order valence-corrected chi connectivity index (χ0v) is 13.7.